The third-order valence-electron chi connectivity index (χ3n) is 5.09. The fraction of sp³-hybridized carbons (Fsp3) is 0.292. The molecule has 1 heterocycles. The molecule has 3 rings (SSSR count). The van der Waals surface area contributed by atoms with Crippen molar-refractivity contribution in [3.8, 4) is 17.2 Å². The number of nitrogens with zero attached hydrogens (tertiary/aromatic N) is 2. The summed E-state index contributed by atoms with van der Waals surface area (Å²) >= 11 is 0. The minimum atomic E-state index is -0.434. The molecule has 0 fully saturated rings. The molecule has 1 aromatic heterocycles. The van der Waals surface area contributed by atoms with E-state index in [2.05, 4.69) is 5.10 Å². The lowest BCUT2D eigenvalue weighted by Gasteiger charge is -2.09. The zero-order valence-corrected chi connectivity index (χ0v) is 18.2. The SMILES string of the molecule is COc1cccc(-n2nc(C)c(CCC(=O)OCC(=O)c3ccccc3OC)c2C)c1. The van der Waals surface area contributed by atoms with E-state index in [9.17, 15) is 9.59 Å². The fourth-order valence-corrected chi connectivity index (χ4v) is 3.43. The molecule has 0 spiro atoms. The summed E-state index contributed by atoms with van der Waals surface area (Å²) in [7, 11) is 3.12. The molecule has 0 aliphatic rings. The Labute approximate surface area is 181 Å². The van der Waals surface area contributed by atoms with Gasteiger partial charge in [0, 0.05) is 18.2 Å². The second-order valence-corrected chi connectivity index (χ2v) is 7.05. The van der Waals surface area contributed by atoms with Gasteiger partial charge in [-0.3, -0.25) is 9.59 Å². The van der Waals surface area contributed by atoms with E-state index < -0.39 is 5.97 Å². The normalized spacial score (nSPS) is 10.6. The number of methoxy groups -OCH3 is 2. The van der Waals surface area contributed by atoms with Gasteiger partial charge in [-0.15, -0.1) is 0 Å². The monoisotopic (exact) mass is 422 g/mol. The van der Waals surface area contributed by atoms with E-state index in [1.165, 1.54) is 7.11 Å². The van der Waals surface area contributed by atoms with Crippen molar-refractivity contribution < 1.29 is 23.8 Å². The summed E-state index contributed by atoms with van der Waals surface area (Å²) < 4.78 is 17.5. The van der Waals surface area contributed by atoms with E-state index in [1.54, 1.807) is 31.4 Å². The molecule has 0 radical (unpaired) electrons. The minimum Gasteiger partial charge on any atom is -0.497 e. The third-order valence-corrected chi connectivity index (χ3v) is 5.09. The summed E-state index contributed by atoms with van der Waals surface area (Å²) in [6.45, 7) is 3.56. The quantitative estimate of drug-likeness (QED) is 0.385. The Balaban J connectivity index is 1.61. The number of ether oxygens (including phenoxy) is 3. The molecule has 162 valence electrons. The van der Waals surface area contributed by atoms with Crippen molar-refractivity contribution in [1.29, 1.82) is 0 Å². The maximum Gasteiger partial charge on any atom is 0.306 e. The van der Waals surface area contributed by atoms with Crippen LogP contribution in [0.1, 0.15) is 33.7 Å². The minimum absolute atomic E-state index is 0.157. The van der Waals surface area contributed by atoms with Crippen LogP contribution < -0.4 is 9.47 Å². The highest BCUT2D eigenvalue weighted by atomic mass is 16.5. The standard InChI is InChI=1S/C24H26N2O5/c1-16-20(17(2)26(25-16)18-8-7-9-19(14-18)29-3)12-13-24(28)31-15-22(27)21-10-5-6-11-23(21)30-4/h5-11,14H,12-13,15H2,1-4H3. The van der Waals surface area contributed by atoms with Crippen molar-refractivity contribution in [2.24, 2.45) is 0 Å². The average Bonchev–Trinajstić information content (AvgIpc) is 3.09. The van der Waals surface area contributed by atoms with Gasteiger partial charge in [-0.1, -0.05) is 18.2 Å². The molecule has 7 nitrogen and oxygen atoms in total. The topological polar surface area (TPSA) is 79.7 Å². The molecule has 3 aromatic rings. The second-order valence-electron chi connectivity index (χ2n) is 7.05. The van der Waals surface area contributed by atoms with Gasteiger partial charge in [0.2, 0.25) is 5.78 Å². The number of esters is 1. The number of Topliss-reactive ketones (excluding diaryl/α,β-unsaturated/α-hetero) is 1. The van der Waals surface area contributed by atoms with Crippen molar-refractivity contribution in [1.82, 2.24) is 9.78 Å². The maximum absolute atomic E-state index is 12.3. The molecule has 0 unspecified atom stereocenters. The number of carbonyl (C=O) groups is 2. The first-order valence-electron chi connectivity index (χ1n) is 9.96. The molecule has 0 N–H and O–H groups in total. The molecule has 0 saturated heterocycles. The van der Waals surface area contributed by atoms with Crippen molar-refractivity contribution >= 4 is 11.8 Å². The third kappa shape index (κ3) is 5.12. The lowest BCUT2D eigenvalue weighted by molar-refractivity contribution is -0.142. The van der Waals surface area contributed by atoms with E-state index in [0.29, 0.717) is 17.7 Å². The first-order valence-corrected chi connectivity index (χ1v) is 9.96. The number of aryl methyl sites for hydroxylation is 1. The molecule has 0 saturated carbocycles. The van der Waals surface area contributed by atoms with Crippen LogP contribution in [0.15, 0.2) is 48.5 Å². The van der Waals surface area contributed by atoms with Crippen LogP contribution in [0.4, 0.5) is 0 Å². The second kappa shape index (κ2) is 9.93. The smallest absolute Gasteiger partial charge is 0.306 e. The van der Waals surface area contributed by atoms with Gasteiger partial charge in [-0.2, -0.15) is 5.10 Å². The number of para-hydroxylation sites is 1. The van der Waals surface area contributed by atoms with Crippen molar-refractivity contribution in [3.63, 3.8) is 0 Å². The largest absolute Gasteiger partial charge is 0.497 e. The van der Waals surface area contributed by atoms with E-state index in [-0.39, 0.29) is 18.8 Å². The van der Waals surface area contributed by atoms with Gasteiger partial charge in [-0.25, -0.2) is 4.68 Å². The Bertz CT molecular complexity index is 1090. The lowest BCUT2D eigenvalue weighted by Crippen LogP contribution is -2.15. The number of ketones is 1. The van der Waals surface area contributed by atoms with Gasteiger partial charge >= 0.3 is 5.97 Å². The molecule has 0 aliphatic carbocycles. The molecule has 7 heteroatoms. The van der Waals surface area contributed by atoms with Crippen LogP contribution in [0.2, 0.25) is 0 Å². The predicted molar refractivity (Wildman–Crippen MR) is 116 cm³/mol. The number of rotatable bonds is 9. The summed E-state index contributed by atoms with van der Waals surface area (Å²) in [5.41, 5.74) is 4.05. The van der Waals surface area contributed by atoms with Crippen LogP contribution in [0.5, 0.6) is 11.5 Å². The van der Waals surface area contributed by atoms with Gasteiger partial charge in [0.15, 0.2) is 6.61 Å². The highest BCUT2D eigenvalue weighted by Gasteiger charge is 2.17. The van der Waals surface area contributed by atoms with Gasteiger partial charge in [0.25, 0.3) is 0 Å². The molecular weight excluding hydrogens is 396 g/mol. The van der Waals surface area contributed by atoms with E-state index in [1.807, 2.05) is 42.8 Å². The number of hydrogen-bond acceptors (Lipinski definition) is 6. The Morgan fingerprint density at radius 3 is 2.52 bits per heavy atom. The van der Waals surface area contributed by atoms with Crippen LogP contribution in [0, 0.1) is 13.8 Å². The summed E-state index contributed by atoms with van der Waals surface area (Å²) in [4.78, 5) is 24.6. The Kier molecular flexibility index (Phi) is 7.07. The molecule has 0 bridgehead atoms. The van der Waals surface area contributed by atoms with Crippen molar-refractivity contribution in [3.05, 3.63) is 71.0 Å². The predicted octanol–water partition coefficient (Wildman–Crippen LogP) is 3.87. The van der Waals surface area contributed by atoms with Gasteiger partial charge in [0.1, 0.15) is 11.5 Å². The Morgan fingerprint density at radius 2 is 1.77 bits per heavy atom. The molecule has 0 atom stereocenters. The highest BCUT2D eigenvalue weighted by molar-refractivity contribution is 6.00. The van der Waals surface area contributed by atoms with Crippen molar-refractivity contribution in [2.45, 2.75) is 26.7 Å². The van der Waals surface area contributed by atoms with Crippen LogP contribution in [0.3, 0.4) is 0 Å². The van der Waals surface area contributed by atoms with Gasteiger partial charge in [0.05, 0.1) is 31.2 Å². The summed E-state index contributed by atoms with van der Waals surface area (Å²) in [5, 5.41) is 4.61. The Morgan fingerprint density at radius 1 is 1.00 bits per heavy atom. The van der Waals surface area contributed by atoms with Crippen LogP contribution in [-0.4, -0.2) is 42.4 Å². The van der Waals surface area contributed by atoms with Crippen molar-refractivity contribution in [2.75, 3.05) is 20.8 Å². The fourth-order valence-electron chi connectivity index (χ4n) is 3.43. The van der Waals surface area contributed by atoms with E-state index in [0.717, 1.165) is 28.4 Å². The molecule has 31 heavy (non-hydrogen) atoms. The summed E-state index contributed by atoms with van der Waals surface area (Å²) in [6.07, 6.45) is 0.633. The van der Waals surface area contributed by atoms with E-state index in [4.69, 9.17) is 14.2 Å². The highest BCUT2D eigenvalue weighted by Crippen LogP contribution is 2.22. The Hall–Kier alpha value is -3.61. The number of aromatic nitrogens is 2. The first kappa shape index (κ1) is 22.1. The zero-order chi connectivity index (χ0) is 22.4. The van der Waals surface area contributed by atoms with Crippen LogP contribution >= 0.6 is 0 Å². The van der Waals surface area contributed by atoms with Gasteiger partial charge in [-0.05, 0) is 50.1 Å². The number of hydrogen-bond donors (Lipinski definition) is 0. The maximum atomic E-state index is 12.3. The molecule has 0 amide bonds. The molecule has 2 aromatic carbocycles. The summed E-state index contributed by atoms with van der Waals surface area (Å²) in [5.74, 6) is 0.467. The summed E-state index contributed by atoms with van der Waals surface area (Å²) in [6, 6.07) is 14.5. The molecule has 0 aliphatic heterocycles. The molecular formula is C24H26N2O5. The average molecular weight is 422 g/mol. The van der Waals surface area contributed by atoms with E-state index >= 15 is 0 Å². The number of carbonyl (C=O) groups excluding carboxylic acids is 2. The zero-order valence-electron chi connectivity index (χ0n) is 18.2. The first-order chi connectivity index (χ1) is 14.9. The number of benzene rings is 2. The lowest BCUT2D eigenvalue weighted by atomic mass is 10.1. The van der Waals surface area contributed by atoms with Crippen LogP contribution in [-0.2, 0) is 16.0 Å². The van der Waals surface area contributed by atoms with Gasteiger partial charge < -0.3 is 14.2 Å². The van der Waals surface area contributed by atoms with Crippen LogP contribution in [0.25, 0.3) is 5.69 Å².